The van der Waals surface area contributed by atoms with E-state index in [0.29, 0.717) is 11.7 Å². The molecule has 2 aliphatic rings. The molecular formula is C19H21N7O. The van der Waals surface area contributed by atoms with Crippen molar-refractivity contribution < 1.29 is 4.52 Å². The van der Waals surface area contributed by atoms with E-state index in [1.54, 1.807) is 6.20 Å². The number of hydrogen-bond donors (Lipinski definition) is 1. The first-order valence-corrected chi connectivity index (χ1v) is 9.34. The van der Waals surface area contributed by atoms with Gasteiger partial charge in [-0.1, -0.05) is 11.6 Å². The molecule has 1 aliphatic carbocycles. The molecule has 0 atom stereocenters. The van der Waals surface area contributed by atoms with Crippen molar-refractivity contribution in [3.63, 3.8) is 0 Å². The van der Waals surface area contributed by atoms with Crippen molar-refractivity contribution >= 4 is 11.8 Å². The van der Waals surface area contributed by atoms with Gasteiger partial charge in [0.25, 0.3) is 0 Å². The highest BCUT2D eigenvalue weighted by Gasteiger charge is 2.28. The number of anilines is 2. The van der Waals surface area contributed by atoms with Gasteiger partial charge >= 0.3 is 0 Å². The first-order valence-electron chi connectivity index (χ1n) is 9.34. The molecular weight excluding hydrogens is 342 g/mol. The van der Waals surface area contributed by atoms with Crippen LogP contribution in [0.25, 0.3) is 11.4 Å². The van der Waals surface area contributed by atoms with E-state index < -0.39 is 0 Å². The van der Waals surface area contributed by atoms with Crippen molar-refractivity contribution in [3.05, 3.63) is 41.2 Å². The molecule has 0 aromatic carbocycles. The summed E-state index contributed by atoms with van der Waals surface area (Å²) in [6, 6.07) is 1.88. The van der Waals surface area contributed by atoms with Crippen molar-refractivity contribution in [2.24, 2.45) is 0 Å². The molecule has 8 heteroatoms. The van der Waals surface area contributed by atoms with E-state index in [-0.39, 0.29) is 5.95 Å². The third kappa shape index (κ3) is 2.81. The van der Waals surface area contributed by atoms with Gasteiger partial charge in [0.1, 0.15) is 5.82 Å². The Balaban J connectivity index is 1.49. The van der Waals surface area contributed by atoms with Gasteiger partial charge in [0.15, 0.2) is 0 Å². The number of nitrogen functional groups attached to an aromatic ring is 1. The molecule has 0 radical (unpaired) electrons. The third-order valence-electron chi connectivity index (χ3n) is 5.56. The minimum Gasteiger partial charge on any atom is -0.368 e. The standard InChI is InChI=1S/C19H21N7O/c1-11-16(17-24-18(27-25-17)12-3-2-4-12)14-6-8-26(10-13(14)9-22-11)15-5-7-21-19(20)23-15/h5,7,9,12H,2-4,6,8,10H2,1H3,(H2,20,21,23). The van der Waals surface area contributed by atoms with Crippen LogP contribution in [0.1, 0.15) is 47.9 Å². The van der Waals surface area contributed by atoms with Crippen LogP contribution in [0.5, 0.6) is 0 Å². The summed E-state index contributed by atoms with van der Waals surface area (Å²) in [5.41, 5.74) is 10.1. The Morgan fingerprint density at radius 1 is 1.22 bits per heavy atom. The number of hydrogen-bond acceptors (Lipinski definition) is 8. The molecule has 0 bridgehead atoms. The molecule has 138 valence electrons. The number of fused-ring (bicyclic) bond motifs is 1. The van der Waals surface area contributed by atoms with E-state index in [1.165, 1.54) is 12.0 Å². The summed E-state index contributed by atoms with van der Waals surface area (Å²) < 4.78 is 5.54. The highest BCUT2D eigenvalue weighted by atomic mass is 16.5. The van der Waals surface area contributed by atoms with Crippen molar-refractivity contribution in [1.82, 2.24) is 25.1 Å². The fraction of sp³-hybridized carbons (Fsp3) is 0.421. The highest BCUT2D eigenvalue weighted by molar-refractivity contribution is 5.66. The fourth-order valence-electron chi connectivity index (χ4n) is 3.84. The van der Waals surface area contributed by atoms with Gasteiger partial charge < -0.3 is 15.2 Å². The zero-order chi connectivity index (χ0) is 18.4. The molecule has 1 saturated carbocycles. The van der Waals surface area contributed by atoms with Gasteiger partial charge in [0.05, 0.1) is 0 Å². The van der Waals surface area contributed by atoms with E-state index in [0.717, 1.165) is 60.9 Å². The lowest BCUT2D eigenvalue weighted by Gasteiger charge is -2.30. The van der Waals surface area contributed by atoms with Crippen LogP contribution in [0, 0.1) is 6.92 Å². The van der Waals surface area contributed by atoms with E-state index in [4.69, 9.17) is 15.2 Å². The SMILES string of the molecule is Cc1ncc2c(c1-c1noc(C3CCC3)n1)CCN(c1ccnc(N)n1)C2. The molecule has 27 heavy (non-hydrogen) atoms. The van der Waals surface area contributed by atoms with E-state index >= 15 is 0 Å². The van der Waals surface area contributed by atoms with Crippen LogP contribution in [0.15, 0.2) is 23.0 Å². The molecule has 0 saturated heterocycles. The topological polar surface area (TPSA) is 107 Å². The lowest BCUT2D eigenvalue weighted by atomic mass is 9.85. The Bertz CT molecular complexity index is 995. The Kier molecular flexibility index (Phi) is 3.77. The molecule has 5 rings (SSSR count). The second-order valence-electron chi connectivity index (χ2n) is 7.25. The normalized spacial score (nSPS) is 16.9. The largest absolute Gasteiger partial charge is 0.368 e. The summed E-state index contributed by atoms with van der Waals surface area (Å²) >= 11 is 0. The quantitative estimate of drug-likeness (QED) is 0.757. The predicted molar refractivity (Wildman–Crippen MR) is 100 cm³/mol. The Morgan fingerprint density at radius 2 is 2.11 bits per heavy atom. The fourth-order valence-corrected chi connectivity index (χ4v) is 3.84. The van der Waals surface area contributed by atoms with Gasteiger partial charge in [0, 0.05) is 42.7 Å². The monoisotopic (exact) mass is 363 g/mol. The molecule has 0 unspecified atom stereocenters. The van der Waals surface area contributed by atoms with Gasteiger partial charge in [0.2, 0.25) is 17.7 Å². The number of rotatable bonds is 3. The number of aromatic nitrogens is 5. The van der Waals surface area contributed by atoms with Gasteiger partial charge in [-0.05, 0) is 43.4 Å². The maximum Gasteiger partial charge on any atom is 0.230 e. The average molecular weight is 363 g/mol. The summed E-state index contributed by atoms with van der Waals surface area (Å²) in [5.74, 6) is 2.98. The predicted octanol–water partition coefficient (Wildman–Crippen LogP) is 2.64. The molecule has 1 fully saturated rings. The van der Waals surface area contributed by atoms with Crippen LogP contribution in [0.3, 0.4) is 0 Å². The number of nitrogens with zero attached hydrogens (tertiary/aromatic N) is 6. The molecule has 0 spiro atoms. The van der Waals surface area contributed by atoms with E-state index in [1.807, 2.05) is 19.2 Å². The van der Waals surface area contributed by atoms with Crippen LogP contribution in [-0.4, -0.2) is 31.6 Å². The van der Waals surface area contributed by atoms with Gasteiger partial charge in [-0.2, -0.15) is 9.97 Å². The van der Waals surface area contributed by atoms with Crippen LogP contribution in [0.2, 0.25) is 0 Å². The summed E-state index contributed by atoms with van der Waals surface area (Å²) in [6.07, 6.45) is 8.02. The number of pyridine rings is 1. The van der Waals surface area contributed by atoms with Crippen LogP contribution in [-0.2, 0) is 13.0 Å². The maximum atomic E-state index is 5.73. The zero-order valence-corrected chi connectivity index (χ0v) is 15.2. The minimum absolute atomic E-state index is 0.288. The summed E-state index contributed by atoms with van der Waals surface area (Å²) in [5, 5.41) is 4.27. The molecule has 2 N–H and O–H groups in total. The summed E-state index contributed by atoms with van der Waals surface area (Å²) in [6.45, 7) is 3.57. The van der Waals surface area contributed by atoms with Gasteiger partial charge in [-0.15, -0.1) is 0 Å². The Hall–Kier alpha value is -3.03. The van der Waals surface area contributed by atoms with Crippen molar-refractivity contribution in [2.75, 3.05) is 17.2 Å². The van der Waals surface area contributed by atoms with Crippen molar-refractivity contribution in [1.29, 1.82) is 0 Å². The highest BCUT2D eigenvalue weighted by Crippen LogP contribution is 2.37. The number of aryl methyl sites for hydroxylation is 1. The average Bonchev–Trinajstić information content (AvgIpc) is 3.08. The number of nitrogens with two attached hydrogens (primary N) is 1. The van der Waals surface area contributed by atoms with Gasteiger partial charge in [-0.3, -0.25) is 4.98 Å². The van der Waals surface area contributed by atoms with Gasteiger partial charge in [-0.25, -0.2) is 4.98 Å². The molecule has 8 nitrogen and oxygen atoms in total. The van der Waals surface area contributed by atoms with E-state index in [9.17, 15) is 0 Å². The third-order valence-corrected chi connectivity index (χ3v) is 5.56. The van der Waals surface area contributed by atoms with Crippen LogP contribution < -0.4 is 10.6 Å². The summed E-state index contributed by atoms with van der Waals surface area (Å²) in [4.78, 5) is 19.8. The molecule has 4 heterocycles. The lowest BCUT2D eigenvalue weighted by molar-refractivity contribution is 0.292. The van der Waals surface area contributed by atoms with E-state index in [2.05, 4.69) is 25.0 Å². The smallest absolute Gasteiger partial charge is 0.230 e. The van der Waals surface area contributed by atoms with Crippen molar-refractivity contribution in [2.45, 2.75) is 45.1 Å². The zero-order valence-electron chi connectivity index (χ0n) is 15.2. The molecule has 0 amide bonds. The maximum absolute atomic E-state index is 5.73. The van der Waals surface area contributed by atoms with Crippen LogP contribution >= 0.6 is 0 Å². The molecule has 3 aromatic heterocycles. The Labute approximate surface area is 156 Å². The van der Waals surface area contributed by atoms with Crippen LogP contribution in [0.4, 0.5) is 11.8 Å². The lowest BCUT2D eigenvalue weighted by Crippen LogP contribution is -2.32. The molecule has 1 aliphatic heterocycles. The van der Waals surface area contributed by atoms with Crippen molar-refractivity contribution in [3.8, 4) is 11.4 Å². The first kappa shape index (κ1) is 16.2. The summed E-state index contributed by atoms with van der Waals surface area (Å²) in [7, 11) is 0. The first-order chi connectivity index (χ1) is 13.2. The second kappa shape index (κ2) is 6.29. The minimum atomic E-state index is 0.288. The Morgan fingerprint density at radius 3 is 2.89 bits per heavy atom. The molecule has 3 aromatic rings. The second-order valence-corrected chi connectivity index (χ2v) is 7.25.